The van der Waals surface area contributed by atoms with Gasteiger partial charge in [-0.15, -0.1) is 0 Å². The molecule has 4 heteroatoms. The van der Waals surface area contributed by atoms with E-state index in [2.05, 4.69) is 5.32 Å². The molecule has 0 aliphatic carbocycles. The van der Waals surface area contributed by atoms with Crippen molar-refractivity contribution in [1.29, 1.82) is 0 Å². The van der Waals surface area contributed by atoms with E-state index in [1.165, 1.54) is 5.56 Å². The van der Waals surface area contributed by atoms with E-state index >= 15 is 0 Å². The van der Waals surface area contributed by atoms with E-state index in [-0.39, 0.29) is 12.5 Å². The first-order valence-electron chi connectivity index (χ1n) is 7.90. The average Bonchev–Trinajstić information content (AvgIpc) is 2.84. The zero-order chi connectivity index (χ0) is 17.0. The summed E-state index contributed by atoms with van der Waals surface area (Å²) in [6, 6.07) is 9.98. The Labute approximate surface area is 137 Å². The molecule has 0 spiro atoms. The summed E-state index contributed by atoms with van der Waals surface area (Å²) >= 11 is 0. The molecule has 1 atom stereocenters. The van der Waals surface area contributed by atoms with Gasteiger partial charge in [0.25, 0.3) is 0 Å². The van der Waals surface area contributed by atoms with Gasteiger partial charge in [0.2, 0.25) is 5.91 Å². The molecule has 0 saturated carbocycles. The second-order valence-electron chi connectivity index (χ2n) is 6.36. The molecule has 4 nitrogen and oxygen atoms in total. The highest BCUT2D eigenvalue weighted by molar-refractivity contribution is 5.76. The summed E-state index contributed by atoms with van der Waals surface area (Å²) in [6.45, 7) is 7.55. The molecule has 1 heterocycles. The minimum atomic E-state index is -1.14. The first-order chi connectivity index (χ1) is 10.8. The summed E-state index contributed by atoms with van der Waals surface area (Å²) in [5, 5.41) is 13.4. The Balaban J connectivity index is 1.86. The van der Waals surface area contributed by atoms with Crippen molar-refractivity contribution in [1.82, 2.24) is 5.32 Å². The number of carbonyl (C=O) groups excluding carboxylic acids is 1. The van der Waals surface area contributed by atoms with Crippen LogP contribution in [0.1, 0.15) is 41.6 Å². The lowest BCUT2D eigenvalue weighted by molar-refractivity contribution is -0.122. The third kappa shape index (κ3) is 4.70. The number of carbonyl (C=O) groups is 1. The molecule has 1 aromatic heterocycles. The second kappa shape index (κ2) is 7.01. The Morgan fingerprint density at radius 2 is 1.87 bits per heavy atom. The van der Waals surface area contributed by atoms with Crippen LogP contribution >= 0.6 is 0 Å². The van der Waals surface area contributed by atoms with Crippen LogP contribution < -0.4 is 5.32 Å². The summed E-state index contributed by atoms with van der Waals surface area (Å²) in [5.74, 6) is 1.37. The first kappa shape index (κ1) is 17.3. The third-order valence-electron chi connectivity index (χ3n) is 4.01. The Morgan fingerprint density at radius 3 is 2.43 bits per heavy atom. The lowest BCUT2D eigenvalue weighted by atomic mass is 9.96. The molecule has 0 aliphatic heterocycles. The fourth-order valence-electron chi connectivity index (χ4n) is 2.63. The van der Waals surface area contributed by atoms with Crippen molar-refractivity contribution >= 4 is 5.91 Å². The van der Waals surface area contributed by atoms with E-state index in [1.807, 2.05) is 51.1 Å². The number of furan rings is 1. The molecule has 0 fully saturated rings. The van der Waals surface area contributed by atoms with Gasteiger partial charge in [-0.25, -0.2) is 0 Å². The van der Waals surface area contributed by atoms with E-state index in [9.17, 15) is 9.90 Å². The maximum Gasteiger partial charge on any atom is 0.220 e. The van der Waals surface area contributed by atoms with Crippen LogP contribution in [0.4, 0.5) is 0 Å². The minimum absolute atomic E-state index is 0.0660. The molecule has 1 aromatic carbocycles. The molecular formula is C19H25NO3. The molecule has 124 valence electrons. The largest absolute Gasteiger partial charge is 0.466 e. The fourth-order valence-corrected chi connectivity index (χ4v) is 2.63. The van der Waals surface area contributed by atoms with E-state index in [4.69, 9.17) is 4.42 Å². The number of rotatable bonds is 6. The van der Waals surface area contributed by atoms with Crippen molar-refractivity contribution < 1.29 is 14.3 Å². The van der Waals surface area contributed by atoms with Crippen LogP contribution in [0.25, 0.3) is 0 Å². The first-order valence-corrected chi connectivity index (χ1v) is 7.90. The summed E-state index contributed by atoms with van der Waals surface area (Å²) in [7, 11) is 0. The predicted molar refractivity (Wildman–Crippen MR) is 90.3 cm³/mol. The van der Waals surface area contributed by atoms with Gasteiger partial charge in [0.1, 0.15) is 17.1 Å². The molecular weight excluding hydrogens is 290 g/mol. The molecule has 0 bridgehead atoms. The van der Waals surface area contributed by atoms with Crippen LogP contribution in [0.3, 0.4) is 0 Å². The smallest absolute Gasteiger partial charge is 0.220 e. The highest BCUT2D eigenvalue weighted by atomic mass is 16.3. The SMILES string of the molecule is Cc1ccc(CCC(=O)NCC(C)(O)c2cc(C)oc2C)cc1. The highest BCUT2D eigenvalue weighted by Crippen LogP contribution is 2.26. The molecule has 1 amide bonds. The number of hydrogen-bond acceptors (Lipinski definition) is 3. The van der Waals surface area contributed by atoms with E-state index in [0.29, 0.717) is 24.2 Å². The van der Waals surface area contributed by atoms with Gasteiger partial charge in [-0.3, -0.25) is 4.79 Å². The fraction of sp³-hybridized carbons (Fsp3) is 0.421. The quantitative estimate of drug-likeness (QED) is 0.860. The third-order valence-corrected chi connectivity index (χ3v) is 4.01. The van der Waals surface area contributed by atoms with Gasteiger partial charge in [-0.1, -0.05) is 29.8 Å². The monoisotopic (exact) mass is 315 g/mol. The van der Waals surface area contributed by atoms with Crippen molar-refractivity contribution in [2.24, 2.45) is 0 Å². The van der Waals surface area contributed by atoms with Crippen molar-refractivity contribution in [3.05, 3.63) is 58.5 Å². The predicted octanol–water partition coefficient (Wildman–Crippen LogP) is 3.16. The van der Waals surface area contributed by atoms with Crippen LogP contribution in [0.2, 0.25) is 0 Å². The number of aryl methyl sites for hydroxylation is 4. The van der Waals surface area contributed by atoms with Gasteiger partial charge >= 0.3 is 0 Å². The Bertz CT molecular complexity index is 668. The van der Waals surface area contributed by atoms with E-state index in [0.717, 1.165) is 11.3 Å². The van der Waals surface area contributed by atoms with Gasteiger partial charge < -0.3 is 14.8 Å². The second-order valence-corrected chi connectivity index (χ2v) is 6.36. The van der Waals surface area contributed by atoms with Crippen LogP contribution in [0.5, 0.6) is 0 Å². The maximum absolute atomic E-state index is 12.0. The highest BCUT2D eigenvalue weighted by Gasteiger charge is 2.28. The number of nitrogens with one attached hydrogen (secondary N) is 1. The Kier molecular flexibility index (Phi) is 5.26. The van der Waals surface area contributed by atoms with E-state index < -0.39 is 5.60 Å². The number of amides is 1. The molecule has 0 aliphatic rings. The summed E-state index contributed by atoms with van der Waals surface area (Å²) < 4.78 is 5.45. The Morgan fingerprint density at radius 1 is 1.22 bits per heavy atom. The molecule has 2 rings (SSSR count). The lowest BCUT2D eigenvalue weighted by Gasteiger charge is -2.23. The summed E-state index contributed by atoms with van der Waals surface area (Å²) in [6.07, 6.45) is 1.10. The van der Waals surface area contributed by atoms with Crippen molar-refractivity contribution in [3.63, 3.8) is 0 Å². The summed E-state index contributed by atoms with van der Waals surface area (Å²) in [4.78, 5) is 12.0. The van der Waals surface area contributed by atoms with Crippen LogP contribution in [-0.4, -0.2) is 17.6 Å². The lowest BCUT2D eigenvalue weighted by Crippen LogP contribution is -2.38. The van der Waals surface area contributed by atoms with Gasteiger partial charge in [0.15, 0.2) is 0 Å². The summed E-state index contributed by atoms with van der Waals surface area (Å²) in [5.41, 5.74) is 1.93. The molecule has 2 aromatic rings. The molecule has 1 unspecified atom stereocenters. The molecule has 0 radical (unpaired) electrons. The minimum Gasteiger partial charge on any atom is -0.466 e. The number of hydrogen-bond donors (Lipinski definition) is 2. The van der Waals surface area contributed by atoms with Crippen molar-refractivity contribution in [2.45, 2.75) is 46.1 Å². The zero-order valence-corrected chi connectivity index (χ0v) is 14.3. The molecule has 23 heavy (non-hydrogen) atoms. The molecule has 2 N–H and O–H groups in total. The van der Waals surface area contributed by atoms with Gasteiger partial charge in [-0.2, -0.15) is 0 Å². The van der Waals surface area contributed by atoms with Crippen LogP contribution in [0, 0.1) is 20.8 Å². The van der Waals surface area contributed by atoms with Crippen LogP contribution in [0.15, 0.2) is 34.7 Å². The van der Waals surface area contributed by atoms with Gasteiger partial charge in [0, 0.05) is 12.0 Å². The standard InChI is InChI=1S/C19H25NO3/c1-13-5-7-16(8-6-13)9-10-18(21)20-12-19(4,22)17-11-14(2)23-15(17)3/h5-8,11,22H,9-10,12H2,1-4H3,(H,20,21). The normalized spacial score (nSPS) is 13.6. The van der Waals surface area contributed by atoms with Gasteiger partial charge in [-0.05, 0) is 45.7 Å². The average molecular weight is 315 g/mol. The van der Waals surface area contributed by atoms with E-state index in [1.54, 1.807) is 6.92 Å². The maximum atomic E-state index is 12.0. The van der Waals surface area contributed by atoms with Crippen molar-refractivity contribution in [2.75, 3.05) is 6.54 Å². The number of aliphatic hydroxyl groups is 1. The topological polar surface area (TPSA) is 62.5 Å². The zero-order valence-electron chi connectivity index (χ0n) is 14.3. The molecule has 0 saturated heterocycles. The van der Waals surface area contributed by atoms with Crippen LogP contribution in [-0.2, 0) is 16.8 Å². The van der Waals surface area contributed by atoms with Crippen molar-refractivity contribution in [3.8, 4) is 0 Å². The Hall–Kier alpha value is -2.07. The number of benzene rings is 1. The van der Waals surface area contributed by atoms with Gasteiger partial charge in [0.05, 0.1) is 6.54 Å².